The number of benzene rings is 3. The number of fused-ring (bicyclic) bond motifs is 2. The highest BCUT2D eigenvalue weighted by Crippen LogP contribution is 2.44. The summed E-state index contributed by atoms with van der Waals surface area (Å²) in [7, 11) is 0. The van der Waals surface area contributed by atoms with Crippen LogP contribution in [-0.4, -0.2) is 45.4 Å². The second-order valence-electron chi connectivity index (χ2n) is 10.7. The molecule has 1 aliphatic rings. The van der Waals surface area contributed by atoms with Crippen LogP contribution in [0.4, 0.5) is 4.39 Å². The summed E-state index contributed by atoms with van der Waals surface area (Å²) < 4.78 is 14.7. The highest BCUT2D eigenvalue weighted by atomic mass is 35.5. The van der Waals surface area contributed by atoms with Crippen LogP contribution in [0.3, 0.4) is 0 Å². The van der Waals surface area contributed by atoms with Crippen molar-refractivity contribution in [1.29, 1.82) is 0 Å². The molecule has 7 nitrogen and oxygen atoms in total. The second kappa shape index (κ2) is 11.9. The van der Waals surface area contributed by atoms with Gasteiger partial charge in [-0.05, 0) is 59.5 Å². The lowest BCUT2D eigenvalue weighted by molar-refractivity contribution is -0.143. The predicted octanol–water partition coefficient (Wildman–Crippen LogP) is 6.64. The Labute approximate surface area is 258 Å². The van der Waals surface area contributed by atoms with E-state index in [1.807, 2.05) is 41.4 Å². The maximum Gasteiger partial charge on any atom is 0.262 e. The number of H-pyrrole nitrogens is 2. The van der Waals surface area contributed by atoms with Crippen molar-refractivity contribution in [3.63, 3.8) is 0 Å². The van der Waals surface area contributed by atoms with Gasteiger partial charge >= 0.3 is 0 Å². The molecule has 5 aromatic rings. The molecule has 2 atom stereocenters. The number of nitrogens with zero attached hydrogens (tertiary/aromatic N) is 1. The summed E-state index contributed by atoms with van der Waals surface area (Å²) in [5, 5.41) is 8.49. The van der Waals surface area contributed by atoms with E-state index in [0.29, 0.717) is 46.0 Å². The average Bonchev–Trinajstić information content (AvgIpc) is 3.62. The number of hydrogen-bond acceptors (Lipinski definition) is 3. The number of carbonyl (C=O) groups is 2. The number of amides is 2. The Kier molecular flexibility index (Phi) is 8.01. The summed E-state index contributed by atoms with van der Waals surface area (Å²) in [6, 6.07) is 17.5. The van der Waals surface area contributed by atoms with Crippen molar-refractivity contribution in [3.8, 4) is 0 Å². The Hall–Kier alpha value is -4.11. The predicted molar refractivity (Wildman–Crippen MR) is 169 cm³/mol. The van der Waals surface area contributed by atoms with Crippen LogP contribution in [0.5, 0.6) is 0 Å². The molecule has 3 aromatic carbocycles. The van der Waals surface area contributed by atoms with Crippen molar-refractivity contribution in [2.24, 2.45) is 0 Å². The number of rotatable bonds is 8. The van der Waals surface area contributed by atoms with E-state index in [2.05, 4.69) is 26.7 Å². The summed E-state index contributed by atoms with van der Waals surface area (Å²) in [6.07, 6.45) is 8.41. The number of halogens is 3. The molecule has 0 aliphatic carbocycles. The number of para-hydroxylation sites is 1. The van der Waals surface area contributed by atoms with Crippen LogP contribution in [0.2, 0.25) is 10.0 Å². The van der Waals surface area contributed by atoms with Gasteiger partial charge in [0.15, 0.2) is 5.66 Å². The first kappa shape index (κ1) is 29.0. The number of hydrogen-bond donors (Lipinski definition) is 4. The largest absolute Gasteiger partial charge is 0.361 e. The fourth-order valence-electron chi connectivity index (χ4n) is 6.17. The van der Waals surface area contributed by atoms with Crippen molar-refractivity contribution in [2.75, 3.05) is 13.1 Å². The zero-order valence-corrected chi connectivity index (χ0v) is 24.9. The minimum Gasteiger partial charge on any atom is -0.361 e. The van der Waals surface area contributed by atoms with Crippen LogP contribution in [0.1, 0.15) is 36.0 Å². The van der Waals surface area contributed by atoms with Gasteiger partial charge in [0.05, 0.1) is 16.0 Å². The molecule has 6 rings (SSSR count). The van der Waals surface area contributed by atoms with Crippen LogP contribution >= 0.6 is 23.2 Å². The lowest BCUT2D eigenvalue weighted by Gasteiger charge is -2.48. The Balaban J connectivity index is 1.59. The zero-order chi connectivity index (χ0) is 30.1. The van der Waals surface area contributed by atoms with Gasteiger partial charge in [-0.25, -0.2) is 4.39 Å². The second-order valence-corrected chi connectivity index (χ2v) is 11.6. The van der Waals surface area contributed by atoms with E-state index >= 15 is 0 Å². The Morgan fingerprint density at radius 3 is 2.42 bits per heavy atom. The summed E-state index contributed by atoms with van der Waals surface area (Å²) in [5.41, 5.74) is 2.18. The van der Waals surface area contributed by atoms with Gasteiger partial charge in [0.1, 0.15) is 5.82 Å². The van der Waals surface area contributed by atoms with Crippen LogP contribution in [0.25, 0.3) is 21.8 Å². The van der Waals surface area contributed by atoms with Crippen molar-refractivity contribution < 1.29 is 14.0 Å². The van der Waals surface area contributed by atoms with Crippen molar-refractivity contribution >= 4 is 56.8 Å². The minimum absolute atomic E-state index is 0.143. The first-order valence-corrected chi connectivity index (χ1v) is 14.8. The number of carbonyl (C=O) groups excluding carboxylic acids is 2. The number of nitrogens with one attached hydrogen (secondary N) is 4. The molecule has 220 valence electrons. The third-order valence-corrected chi connectivity index (χ3v) is 8.78. The monoisotopic (exact) mass is 617 g/mol. The molecule has 0 saturated heterocycles. The van der Waals surface area contributed by atoms with E-state index in [9.17, 15) is 14.0 Å². The molecule has 2 unspecified atom stereocenters. The maximum atomic E-state index is 14.9. The van der Waals surface area contributed by atoms with Gasteiger partial charge in [-0.15, -0.1) is 0 Å². The SMILES string of the molecule is CC(=O)NC(C(=O)NCc1ccc(Cl)c(Cl)c1)(C(c1c[nH]c2ccccc12)c1c[nH]c2ccc(F)cc12)N1CC=CCC1. The van der Waals surface area contributed by atoms with Gasteiger partial charge in [-0.2, -0.15) is 0 Å². The molecule has 43 heavy (non-hydrogen) atoms. The van der Waals surface area contributed by atoms with Gasteiger partial charge in [-0.3, -0.25) is 14.5 Å². The van der Waals surface area contributed by atoms with E-state index < -0.39 is 23.3 Å². The van der Waals surface area contributed by atoms with Crippen molar-refractivity contribution in [1.82, 2.24) is 25.5 Å². The number of aromatic amines is 2. The van der Waals surface area contributed by atoms with Crippen LogP contribution in [0, 0.1) is 5.82 Å². The first-order chi connectivity index (χ1) is 20.8. The van der Waals surface area contributed by atoms with Gasteiger partial charge in [-0.1, -0.05) is 59.6 Å². The molecule has 1 aliphatic heterocycles. The number of aromatic nitrogens is 2. The van der Waals surface area contributed by atoms with Crippen LogP contribution < -0.4 is 10.6 Å². The molecule has 0 saturated carbocycles. The molecule has 0 bridgehead atoms. The van der Waals surface area contributed by atoms with E-state index in [0.717, 1.165) is 22.0 Å². The lowest BCUT2D eigenvalue weighted by Crippen LogP contribution is -2.71. The molecular weight excluding hydrogens is 588 g/mol. The molecule has 0 fully saturated rings. The zero-order valence-electron chi connectivity index (χ0n) is 23.4. The van der Waals surface area contributed by atoms with Crippen LogP contribution in [0.15, 0.2) is 85.2 Å². The quantitative estimate of drug-likeness (QED) is 0.147. The summed E-state index contributed by atoms with van der Waals surface area (Å²) in [5.74, 6) is -1.95. The Morgan fingerprint density at radius 2 is 1.70 bits per heavy atom. The third-order valence-electron chi connectivity index (χ3n) is 8.04. The fraction of sp³-hybridized carbons (Fsp3) is 0.212. The molecule has 10 heteroatoms. The molecule has 2 aromatic heterocycles. The molecule has 0 radical (unpaired) electrons. The Bertz CT molecular complexity index is 1860. The molecular formula is C33H30Cl2FN5O2. The van der Waals surface area contributed by atoms with E-state index in [1.54, 1.807) is 30.5 Å². The van der Waals surface area contributed by atoms with Crippen molar-refractivity contribution in [3.05, 3.63) is 118 Å². The smallest absolute Gasteiger partial charge is 0.262 e. The third kappa shape index (κ3) is 5.42. The van der Waals surface area contributed by atoms with Crippen molar-refractivity contribution in [2.45, 2.75) is 31.5 Å². The maximum absolute atomic E-state index is 14.9. The Morgan fingerprint density at radius 1 is 0.953 bits per heavy atom. The topological polar surface area (TPSA) is 93.0 Å². The summed E-state index contributed by atoms with van der Waals surface area (Å²) >= 11 is 12.4. The summed E-state index contributed by atoms with van der Waals surface area (Å²) in [6.45, 7) is 2.47. The molecule has 2 amide bonds. The normalized spacial score (nSPS) is 15.8. The van der Waals surface area contributed by atoms with Gasteiger partial charge in [0.25, 0.3) is 5.91 Å². The van der Waals surface area contributed by atoms with Gasteiger partial charge in [0, 0.05) is 60.8 Å². The molecule has 3 heterocycles. The lowest BCUT2D eigenvalue weighted by atomic mass is 9.77. The fourth-order valence-corrected chi connectivity index (χ4v) is 6.49. The first-order valence-electron chi connectivity index (χ1n) is 14.0. The van der Waals surface area contributed by atoms with Gasteiger partial charge < -0.3 is 20.6 Å². The van der Waals surface area contributed by atoms with E-state index in [1.165, 1.54) is 19.1 Å². The molecule has 4 N–H and O–H groups in total. The van der Waals surface area contributed by atoms with E-state index in [-0.39, 0.29) is 12.5 Å². The highest BCUT2D eigenvalue weighted by Gasteiger charge is 2.53. The van der Waals surface area contributed by atoms with Crippen LogP contribution in [-0.2, 0) is 16.1 Å². The standard InChI is InChI=1S/C33H30Cl2FN5O2/c1-20(42)40-33(41-13-5-2-6-14-41,32(43)39-17-21-9-11-27(34)28(35)15-21)31(25-18-37-29-8-4-3-7-23(25)29)26-19-38-30-12-10-22(36)16-24(26)30/h2-5,7-12,15-16,18-19,31,37-38H,6,13-14,17H2,1H3,(H,39,43)(H,40,42). The highest BCUT2D eigenvalue weighted by molar-refractivity contribution is 6.42. The average molecular weight is 619 g/mol. The summed E-state index contributed by atoms with van der Waals surface area (Å²) in [4.78, 5) is 36.6. The minimum atomic E-state index is -1.61. The van der Waals surface area contributed by atoms with E-state index in [4.69, 9.17) is 23.2 Å². The van der Waals surface area contributed by atoms with Gasteiger partial charge in [0.2, 0.25) is 5.91 Å². The molecule has 0 spiro atoms.